The second-order valence-corrected chi connectivity index (χ2v) is 4.42. The fraction of sp³-hybridized carbons (Fsp3) is 0.467. The van der Waals surface area contributed by atoms with Gasteiger partial charge >= 0.3 is 12.1 Å². The number of ether oxygens (including phenoxy) is 1. The first-order valence-corrected chi connectivity index (χ1v) is 6.80. The number of amides is 1. The molecule has 0 bridgehead atoms. The Morgan fingerprint density at radius 3 is 2.40 bits per heavy atom. The lowest BCUT2D eigenvalue weighted by Crippen LogP contribution is -2.37. The smallest absolute Gasteiger partial charge is 0.410 e. The summed E-state index contributed by atoms with van der Waals surface area (Å²) >= 11 is 0. The van der Waals surface area contributed by atoms with E-state index in [1.54, 1.807) is 6.92 Å². The van der Waals surface area contributed by atoms with Crippen molar-refractivity contribution in [2.45, 2.75) is 32.7 Å². The number of carbonyl (C=O) groups is 2. The molecule has 1 aromatic rings. The zero-order valence-corrected chi connectivity index (χ0v) is 11.9. The van der Waals surface area contributed by atoms with E-state index in [9.17, 15) is 9.59 Å². The molecule has 1 rings (SSSR count). The summed E-state index contributed by atoms with van der Waals surface area (Å²) in [5, 5.41) is 9.10. The van der Waals surface area contributed by atoms with Crippen molar-refractivity contribution in [3.63, 3.8) is 0 Å². The van der Waals surface area contributed by atoms with Crippen molar-refractivity contribution in [1.29, 1.82) is 0 Å². The molecular formula is C15H21NO4. The van der Waals surface area contributed by atoms with Crippen LogP contribution in [0.4, 0.5) is 4.79 Å². The van der Waals surface area contributed by atoms with Crippen LogP contribution < -0.4 is 0 Å². The zero-order chi connectivity index (χ0) is 15.0. The van der Waals surface area contributed by atoms with Gasteiger partial charge in [-0.3, -0.25) is 4.79 Å². The Bertz CT molecular complexity index is 433. The summed E-state index contributed by atoms with van der Waals surface area (Å²) < 4.78 is 5.03. The normalized spacial score (nSPS) is 11.7. The summed E-state index contributed by atoms with van der Waals surface area (Å²) in [4.78, 5) is 24.6. The van der Waals surface area contributed by atoms with Gasteiger partial charge in [-0.25, -0.2) is 4.79 Å². The number of hydrogen-bond donors (Lipinski definition) is 1. The summed E-state index contributed by atoms with van der Waals surface area (Å²) in [7, 11) is 0. The molecule has 0 aliphatic heterocycles. The zero-order valence-electron chi connectivity index (χ0n) is 11.9. The van der Waals surface area contributed by atoms with Crippen LogP contribution in [0.3, 0.4) is 0 Å². The van der Waals surface area contributed by atoms with Crippen molar-refractivity contribution < 1.29 is 19.4 Å². The Balaban J connectivity index is 3.04. The van der Waals surface area contributed by atoms with Gasteiger partial charge in [0.2, 0.25) is 0 Å². The molecule has 5 nitrogen and oxygen atoms in total. The summed E-state index contributed by atoms with van der Waals surface area (Å²) in [5.74, 6) is -0.941. The molecule has 1 unspecified atom stereocenters. The number of carboxylic acids is 1. The molecule has 0 radical (unpaired) electrons. The highest BCUT2D eigenvalue weighted by atomic mass is 16.6. The molecule has 0 saturated carbocycles. The van der Waals surface area contributed by atoms with E-state index in [2.05, 4.69) is 0 Å². The van der Waals surface area contributed by atoms with Crippen molar-refractivity contribution >= 4 is 12.1 Å². The minimum Gasteiger partial charge on any atom is -0.481 e. The minimum atomic E-state index is -0.941. The maximum absolute atomic E-state index is 12.0. The predicted octanol–water partition coefficient (Wildman–Crippen LogP) is 3.07. The van der Waals surface area contributed by atoms with Crippen LogP contribution in [0.2, 0.25) is 0 Å². The van der Waals surface area contributed by atoms with E-state index in [-0.39, 0.29) is 13.0 Å². The van der Waals surface area contributed by atoms with Gasteiger partial charge in [0.1, 0.15) is 0 Å². The van der Waals surface area contributed by atoms with Gasteiger partial charge in [-0.15, -0.1) is 0 Å². The largest absolute Gasteiger partial charge is 0.481 e. The number of carbonyl (C=O) groups excluding carboxylic acids is 1. The van der Waals surface area contributed by atoms with Crippen LogP contribution in [0.15, 0.2) is 30.3 Å². The molecule has 1 atom stereocenters. The second-order valence-electron chi connectivity index (χ2n) is 4.42. The standard InChI is InChI=1S/C15H21NO4/c1-3-10-16(15(19)20-4-2)13(11-14(17)18)12-8-6-5-7-9-12/h5-9,13H,3-4,10-11H2,1-2H3,(H,17,18). The van der Waals surface area contributed by atoms with Crippen molar-refractivity contribution in [1.82, 2.24) is 4.90 Å². The van der Waals surface area contributed by atoms with Crippen molar-refractivity contribution in [3.8, 4) is 0 Å². The van der Waals surface area contributed by atoms with Crippen LogP contribution >= 0.6 is 0 Å². The topological polar surface area (TPSA) is 66.8 Å². The van der Waals surface area contributed by atoms with E-state index < -0.39 is 18.1 Å². The Morgan fingerprint density at radius 2 is 1.90 bits per heavy atom. The molecule has 0 heterocycles. The Hall–Kier alpha value is -2.04. The lowest BCUT2D eigenvalue weighted by molar-refractivity contribution is -0.138. The first kappa shape index (κ1) is 16.0. The molecule has 110 valence electrons. The Labute approximate surface area is 119 Å². The van der Waals surface area contributed by atoms with Crippen LogP contribution in [-0.4, -0.2) is 35.2 Å². The van der Waals surface area contributed by atoms with E-state index in [0.717, 1.165) is 12.0 Å². The molecule has 0 spiro atoms. The van der Waals surface area contributed by atoms with E-state index in [0.29, 0.717) is 6.54 Å². The van der Waals surface area contributed by atoms with Gasteiger partial charge in [-0.05, 0) is 18.9 Å². The molecule has 1 amide bonds. The van der Waals surface area contributed by atoms with Gasteiger partial charge < -0.3 is 14.7 Å². The fourth-order valence-corrected chi connectivity index (χ4v) is 2.07. The molecule has 0 fully saturated rings. The van der Waals surface area contributed by atoms with E-state index in [1.165, 1.54) is 4.90 Å². The van der Waals surface area contributed by atoms with Crippen molar-refractivity contribution in [2.75, 3.05) is 13.2 Å². The first-order chi connectivity index (χ1) is 9.60. The summed E-state index contributed by atoms with van der Waals surface area (Å²) in [5.41, 5.74) is 0.802. The average Bonchev–Trinajstić information content (AvgIpc) is 2.43. The van der Waals surface area contributed by atoms with Gasteiger partial charge in [0, 0.05) is 6.54 Å². The monoisotopic (exact) mass is 279 g/mol. The molecule has 0 aliphatic carbocycles. The highest BCUT2D eigenvalue weighted by Crippen LogP contribution is 2.25. The van der Waals surface area contributed by atoms with Gasteiger partial charge in [0.15, 0.2) is 0 Å². The maximum atomic E-state index is 12.0. The predicted molar refractivity (Wildman–Crippen MR) is 75.5 cm³/mol. The Kier molecular flexibility index (Phi) is 6.56. The van der Waals surface area contributed by atoms with Gasteiger partial charge in [-0.2, -0.15) is 0 Å². The van der Waals surface area contributed by atoms with E-state index in [1.807, 2.05) is 37.3 Å². The quantitative estimate of drug-likeness (QED) is 0.833. The van der Waals surface area contributed by atoms with Crippen LogP contribution in [0, 0.1) is 0 Å². The lowest BCUT2D eigenvalue weighted by Gasteiger charge is -2.30. The summed E-state index contributed by atoms with van der Waals surface area (Å²) in [6.07, 6.45) is 0.134. The van der Waals surface area contributed by atoms with Gasteiger partial charge in [0.25, 0.3) is 0 Å². The molecule has 20 heavy (non-hydrogen) atoms. The number of carboxylic acid groups (broad SMARTS) is 1. The number of benzene rings is 1. The summed E-state index contributed by atoms with van der Waals surface area (Å²) in [6, 6.07) is 8.67. The third-order valence-electron chi connectivity index (χ3n) is 2.90. The van der Waals surface area contributed by atoms with Crippen LogP contribution in [0.25, 0.3) is 0 Å². The molecule has 5 heteroatoms. The maximum Gasteiger partial charge on any atom is 0.410 e. The Morgan fingerprint density at radius 1 is 1.25 bits per heavy atom. The molecule has 1 aromatic carbocycles. The molecule has 0 aliphatic rings. The molecule has 0 aromatic heterocycles. The van der Waals surface area contributed by atoms with Crippen LogP contribution in [0.1, 0.15) is 38.3 Å². The average molecular weight is 279 g/mol. The van der Waals surface area contributed by atoms with Gasteiger partial charge in [-0.1, -0.05) is 37.3 Å². The first-order valence-electron chi connectivity index (χ1n) is 6.80. The molecular weight excluding hydrogens is 258 g/mol. The summed E-state index contributed by atoms with van der Waals surface area (Å²) in [6.45, 7) is 4.41. The lowest BCUT2D eigenvalue weighted by atomic mass is 10.0. The molecule has 1 N–H and O–H groups in total. The highest BCUT2D eigenvalue weighted by Gasteiger charge is 2.27. The SMILES string of the molecule is CCCN(C(=O)OCC)C(CC(=O)O)c1ccccc1. The number of nitrogens with zero attached hydrogens (tertiary/aromatic N) is 1. The minimum absolute atomic E-state index is 0.136. The second kappa shape index (κ2) is 8.19. The van der Waals surface area contributed by atoms with E-state index >= 15 is 0 Å². The third kappa shape index (κ3) is 4.57. The highest BCUT2D eigenvalue weighted by molar-refractivity contribution is 5.72. The van der Waals surface area contributed by atoms with Crippen molar-refractivity contribution in [2.24, 2.45) is 0 Å². The van der Waals surface area contributed by atoms with E-state index in [4.69, 9.17) is 9.84 Å². The van der Waals surface area contributed by atoms with Gasteiger partial charge in [0.05, 0.1) is 19.1 Å². The van der Waals surface area contributed by atoms with Crippen molar-refractivity contribution in [3.05, 3.63) is 35.9 Å². The third-order valence-corrected chi connectivity index (χ3v) is 2.90. The fourth-order valence-electron chi connectivity index (χ4n) is 2.07. The number of hydrogen-bond acceptors (Lipinski definition) is 3. The number of aliphatic carboxylic acids is 1. The number of rotatable bonds is 7. The molecule has 0 saturated heterocycles. The van der Waals surface area contributed by atoms with Crippen LogP contribution in [-0.2, 0) is 9.53 Å². The van der Waals surface area contributed by atoms with Crippen LogP contribution in [0.5, 0.6) is 0 Å².